The molecule has 1 aromatic carbocycles. The van der Waals surface area contributed by atoms with Crippen LogP contribution in [0.4, 0.5) is 0 Å². The number of nitrogens with zero attached hydrogens (tertiary/aromatic N) is 5. The molecule has 0 aliphatic heterocycles. The van der Waals surface area contributed by atoms with E-state index in [9.17, 15) is 4.79 Å². The van der Waals surface area contributed by atoms with Crippen LogP contribution in [0, 0.1) is 0 Å². The van der Waals surface area contributed by atoms with E-state index < -0.39 is 0 Å². The summed E-state index contributed by atoms with van der Waals surface area (Å²) in [5, 5.41) is 16.0. The van der Waals surface area contributed by atoms with Crippen LogP contribution in [0.1, 0.15) is 68.1 Å². The molecule has 2 atom stereocenters. The largest absolute Gasteiger partial charge is 0.348 e. The quantitative estimate of drug-likeness (QED) is 0.714. The Kier molecular flexibility index (Phi) is 5.23. The molecular formula is C21H26N6O. The predicted molar refractivity (Wildman–Crippen MR) is 106 cm³/mol. The third-order valence-corrected chi connectivity index (χ3v) is 5.30. The summed E-state index contributed by atoms with van der Waals surface area (Å²) in [6.45, 7) is 4.24. The molecule has 1 aliphatic carbocycles. The number of aryl methyl sites for hydroxylation is 1. The average Bonchev–Trinajstić information content (AvgIpc) is 3.37. The van der Waals surface area contributed by atoms with Crippen LogP contribution in [0.25, 0.3) is 0 Å². The van der Waals surface area contributed by atoms with E-state index >= 15 is 0 Å². The van der Waals surface area contributed by atoms with Crippen LogP contribution < -0.4 is 5.32 Å². The molecule has 1 aliphatic rings. The molecule has 28 heavy (non-hydrogen) atoms. The summed E-state index contributed by atoms with van der Waals surface area (Å²) in [6.07, 6.45) is 8.89. The fourth-order valence-electron chi connectivity index (χ4n) is 3.82. The molecule has 2 aromatic heterocycles. The number of benzene rings is 1. The molecule has 2 heterocycles. The van der Waals surface area contributed by atoms with E-state index in [0.29, 0.717) is 12.5 Å². The third kappa shape index (κ3) is 3.83. The maximum Gasteiger partial charge on any atom is 0.223 e. The van der Waals surface area contributed by atoms with Crippen molar-refractivity contribution in [3.05, 3.63) is 65.7 Å². The third-order valence-electron chi connectivity index (χ3n) is 5.30. The molecule has 0 radical (unpaired) electrons. The van der Waals surface area contributed by atoms with Gasteiger partial charge < -0.3 is 5.32 Å². The first-order valence-electron chi connectivity index (χ1n) is 9.90. The number of fused-ring (bicyclic) bond motifs is 1. The van der Waals surface area contributed by atoms with E-state index in [1.807, 2.05) is 35.0 Å². The average molecular weight is 378 g/mol. The van der Waals surface area contributed by atoms with Crippen molar-refractivity contribution in [1.82, 2.24) is 30.1 Å². The van der Waals surface area contributed by atoms with Gasteiger partial charge in [-0.15, -0.1) is 5.10 Å². The van der Waals surface area contributed by atoms with Gasteiger partial charge in [-0.1, -0.05) is 35.5 Å². The van der Waals surface area contributed by atoms with Gasteiger partial charge in [-0.05, 0) is 44.2 Å². The van der Waals surface area contributed by atoms with Crippen molar-refractivity contribution in [2.45, 2.75) is 57.7 Å². The molecule has 0 saturated heterocycles. The lowest BCUT2D eigenvalue weighted by Gasteiger charge is -2.24. The van der Waals surface area contributed by atoms with Crippen molar-refractivity contribution in [2.24, 2.45) is 0 Å². The summed E-state index contributed by atoms with van der Waals surface area (Å²) in [5.74, 6) is 0.00120. The minimum absolute atomic E-state index is 0.00120. The Hall–Kier alpha value is -2.96. The van der Waals surface area contributed by atoms with Gasteiger partial charge in [0.2, 0.25) is 5.91 Å². The number of aromatic nitrogens is 5. The Morgan fingerprint density at radius 3 is 2.79 bits per heavy atom. The Labute approximate surface area is 164 Å². The van der Waals surface area contributed by atoms with Crippen LogP contribution >= 0.6 is 0 Å². The zero-order valence-electron chi connectivity index (χ0n) is 16.3. The lowest BCUT2D eigenvalue weighted by molar-refractivity contribution is -0.122. The fourth-order valence-corrected chi connectivity index (χ4v) is 3.82. The molecule has 7 heteroatoms. The number of hydrogen-bond donors (Lipinski definition) is 1. The lowest BCUT2D eigenvalue weighted by Crippen LogP contribution is -2.33. The molecule has 0 saturated carbocycles. The van der Waals surface area contributed by atoms with Crippen molar-refractivity contribution < 1.29 is 4.79 Å². The Morgan fingerprint density at radius 1 is 1.25 bits per heavy atom. The monoisotopic (exact) mass is 378 g/mol. The highest BCUT2D eigenvalue weighted by atomic mass is 16.1. The molecule has 7 nitrogen and oxygen atoms in total. The van der Waals surface area contributed by atoms with E-state index in [4.69, 9.17) is 5.10 Å². The zero-order chi connectivity index (χ0) is 19.5. The molecule has 0 bridgehead atoms. The van der Waals surface area contributed by atoms with Gasteiger partial charge in [-0.3, -0.25) is 9.48 Å². The maximum absolute atomic E-state index is 12.9. The first-order chi connectivity index (χ1) is 13.6. The molecule has 4 rings (SSSR count). The van der Waals surface area contributed by atoms with E-state index in [0.717, 1.165) is 30.5 Å². The van der Waals surface area contributed by atoms with Crippen molar-refractivity contribution >= 4 is 5.91 Å². The van der Waals surface area contributed by atoms with Crippen LogP contribution in [0.3, 0.4) is 0 Å². The molecule has 0 fully saturated rings. The van der Waals surface area contributed by atoms with E-state index in [1.165, 1.54) is 5.56 Å². The van der Waals surface area contributed by atoms with Gasteiger partial charge in [0.25, 0.3) is 0 Å². The van der Waals surface area contributed by atoms with E-state index in [2.05, 4.69) is 35.7 Å². The first kappa shape index (κ1) is 18.4. The fraction of sp³-hybridized carbons (Fsp3) is 0.429. The Balaban J connectivity index is 1.51. The lowest BCUT2D eigenvalue weighted by atomic mass is 9.93. The Bertz CT molecular complexity index is 916. The summed E-state index contributed by atoms with van der Waals surface area (Å²) >= 11 is 0. The number of carbonyl (C=O) groups excluding carboxylic acids is 1. The normalized spacial score (nSPS) is 17.3. The number of amides is 1. The SMILES string of the molecule is CC(C)n1cc2c(n1)C(NC(=O)CC(c1ccccc1)n1ccnn1)CCC2. The van der Waals surface area contributed by atoms with Crippen molar-refractivity contribution in [1.29, 1.82) is 0 Å². The number of carbonyl (C=O) groups is 1. The van der Waals surface area contributed by atoms with Crippen molar-refractivity contribution in [3.8, 4) is 0 Å². The van der Waals surface area contributed by atoms with Gasteiger partial charge in [-0.2, -0.15) is 5.10 Å². The second-order valence-corrected chi connectivity index (χ2v) is 7.64. The first-order valence-corrected chi connectivity index (χ1v) is 9.90. The summed E-state index contributed by atoms with van der Waals surface area (Å²) < 4.78 is 3.74. The second-order valence-electron chi connectivity index (χ2n) is 7.64. The van der Waals surface area contributed by atoms with Gasteiger partial charge in [0, 0.05) is 18.4 Å². The molecule has 3 aromatic rings. The molecule has 1 amide bonds. The highest BCUT2D eigenvalue weighted by Gasteiger charge is 2.27. The van der Waals surface area contributed by atoms with E-state index in [-0.39, 0.29) is 18.0 Å². The molecular weight excluding hydrogens is 352 g/mol. The van der Waals surface area contributed by atoms with Crippen LogP contribution in [-0.4, -0.2) is 30.7 Å². The topological polar surface area (TPSA) is 77.6 Å². The van der Waals surface area contributed by atoms with Crippen molar-refractivity contribution in [2.75, 3.05) is 0 Å². The molecule has 1 N–H and O–H groups in total. The molecule has 0 spiro atoms. The smallest absolute Gasteiger partial charge is 0.223 e. The van der Waals surface area contributed by atoms with Crippen LogP contribution in [0.15, 0.2) is 48.9 Å². The highest BCUT2D eigenvalue weighted by molar-refractivity contribution is 5.77. The van der Waals surface area contributed by atoms with Crippen LogP contribution in [0.2, 0.25) is 0 Å². The number of nitrogens with one attached hydrogen (secondary N) is 1. The van der Waals surface area contributed by atoms with E-state index in [1.54, 1.807) is 17.1 Å². The Morgan fingerprint density at radius 2 is 2.07 bits per heavy atom. The summed E-state index contributed by atoms with van der Waals surface area (Å²) in [6, 6.07) is 10.1. The second kappa shape index (κ2) is 7.96. The minimum atomic E-state index is -0.181. The zero-order valence-corrected chi connectivity index (χ0v) is 16.3. The van der Waals surface area contributed by atoms with Gasteiger partial charge >= 0.3 is 0 Å². The summed E-state index contributed by atoms with van der Waals surface area (Å²) in [4.78, 5) is 12.9. The summed E-state index contributed by atoms with van der Waals surface area (Å²) in [5.41, 5.74) is 3.31. The minimum Gasteiger partial charge on any atom is -0.348 e. The van der Waals surface area contributed by atoms with Crippen molar-refractivity contribution in [3.63, 3.8) is 0 Å². The standard InChI is InChI=1S/C21H26N6O/c1-15(2)27-14-17-9-6-10-18(21(17)24-27)23-20(28)13-19(26-12-11-22-25-26)16-7-4-3-5-8-16/h3-5,7-8,11-12,14-15,18-19H,6,9-10,13H2,1-2H3,(H,23,28). The molecule has 2 unspecified atom stereocenters. The summed E-state index contributed by atoms with van der Waals surface area (Å²) in [7, 11) is 0. The number of rotatable bonds is 6. The van der Waals surface area contributed by atoms with Gasteiger partial charge in [0.05, 0.1) is 30.4 Å². The van der Waals surface area contributed by atoms with Gasteiger partial charge in [0.1, 0.15) is 0 Å². The molecule has 146 valence electrons. The maximum atomic E-state index is 12.9. The highest BCUT2D eigenvalue weighted by Crippen LogP contribution is 2.30. The number of hydrogen-bond acceptors (Lipinski definition) is 4. The van der Waals surface area contributed by atoms with Gasteiger partial charge in [0.15, 0.2) is 0 Å². The van der Waals surface area contributed by atoms with Crippen LogP contribution in [0.5, 0.6) is 0 Å². The van der Waals surface area contributed by atoms with Gasteiger partial charge in [-0.25, -0.2) is 4.68 Å². The predicted octanol–water partition coefficient (Wildman–Crippen LogP) is 3.23. The van der Waals surface area contributed by atoms with Crippen LogP contribution in [-0.2, 0) is 11.2 Å².